The van der Waals surface area contributed by atoms with Crippen LogP contribution in [0, 0.1) is 16.7 Å². The average molecular weight is 234 g/mol. The van der Waals surface area contributed by atoms with Gasteiger partial charge in [-0.25, -0.2) is 0 Å². The topological polar surface area (TPSA) is 12.5 Å². The zero-order chi connectivity index (χ0) is 12.6. The summed E-state index contributed by atoms with van der Waals surface area (Å²) in [7, 11) is 0. The number of hydrogen-bond donors (Lipinski definition) is 0. The molecular formula is C16H26O. The second-order valence-electron chi connectivity index (χ2n) is 7.97. The monoisotopic (exact) mass is 234 g/mol. The van der Waals surface area contributed by atoms with Crippen molar-refractivity contribution in [2.24, 2.45) is 16.7 Å². The number of fused-ring (bicyclic) bond motifs is 1. The second kappa shape index (κ2) is 2.99. The Morgan fingerprint density at radius 2 is 1.71 bits per heavy atom. The van der Waals surface area contributed by atoms with E-state index < -0.39 is 0 Å². The van der Waals surface area contributed by atoms with Crippen LogP contribution in [0.2, 0.25) is 0 Å². The highest BCUT2D eigenvalue weighted by Gasteiger charge is 2.59. The molecular weight excluding hydrogens is 208 g/mol. The van der Waals surface area contributed by atoms with Crippen molar-refractivity contribution in [2.45, 2.75) is 72.5 Å². The lowest BCUT2D eigenvalue weighted by atomic mass is 9.54. The van der Waals surface area contributed by atoms with E-state index in [1.165, 1.54) is 19.3 Å². The van der Waals surface area contributed by atoms with Gasteiger partial charge in [0.2, 0.25) is 0 Å². The van der Waals surface area contributed by atoms with Gasteiger partial charge in [-0.3, -0.25) is 0 Å². The maximum atomic E-state index is 5.94. The van der Waals surface area contributed by atoms with Gasteiger partial charge in [-0.1, -0.05) is 45.8 Å². The summed E-state index contributed by atoms with van der Waals surface area (Å²) in [5.41, 5.74) is 4.38. The van der Waals surface area contributed by atoms with Gasteiger partial charge >= 0.3 is 0 Å². The van der Waals surface area contributed by atoms with Crippen LogP contribution in [0.1, 0.15) is 60.8 Å². The van der Waals surface area contributed by atoms with Crippen LogP contribution in [0.25, 0.3) is 0 Å². The third-order valence-corrected chi connectivity index (χ3v) is 5.96. The van der Waals surface area contributed by atoms with E-state index in [0.29, 0.717) is 16.9 Å². The molecule has 0 N–H and O–H groups in total. The van der Waals surface area contributed by atoms with Crippen molar-refractivity contribution in [3.8, 4) is 0 Å². The summed E-state index contributed by atoms with van der Waals surface area (Å²) in [5.74, 6) is 0.773. The Hall–Kier alpha value is -0.300. The van der Waals surface area contributed by atoms with Crippen molar-refractivity contribution in [1.29, 1.82) is 0 Å². The van der Waals surface area contributed by atoms with Gasteiger partial charge in [-0.15, -0.1) is 0 Å². The SMILES string of the molecule is C[C@H]1CC(C)(C)C2=C(C[C@]3(C)OC3C2)C1(C)C. The molecule has 1 aliphatic heterocycles. The van der Waals surface area contributed by atoms with E-state index in [1.807, 2.05) is 0 Å². The molecule has 0 amide bonds. The van der Waals surface area contributed by atoms with Crippen LogP contribution in [0.5, 0.6) is 0 Å². The molecule has 1 saturated heterocycles. The summed E-state index contributed by atoms with van der Waals surface area (Å²) in [6, 6.07) is 0. The standard InChI is InChI=1S/C16H26O/c1-10-8-14(2,3)11-7-13-16(6,17-13)9-12(11)15(10,4)5/h10,13H,7-9H2,1-6H3/t10-,13?,16-/m0/s1. The summed E-state index contributed by atoms with van der Waals surface area (Å²) in [6.07, 6.45) is 4.20. The van der Waals surface area contributed by atoms with Crippen LogP contribution >= 0.6 is 0 Å². The summed E-state index contributed by atoms with van der Waals surface area (Å²) in [5, 5.41) is 0. The number of rotatable bonds is 0. The molecule has 0 aromatic heterocycles. The molecule has 3 atom stereocenters. The van der Waals surface area contributed by atoms with Crippen molar-refractivity contribution in [2.75, 3.05) is 0 Å². The highest BCUT2D eigenvalue weighted by atomic mass is 16.6. The van der Waals surface area contributed by atoms with Gasteiger partial charge < -0.3 is 4.74 Å². The largest absolute Gasteiger partial charge is 0.366 e. The molecule has 0 saturated carbocycles. The van der Waals surface area contributed by atoms with E-state index in [4.69, 9.17) is 4.74 Å². The maximum Gasteiger partial charge on any atom is 0.0960 e. The van der Waals surface area contributed by atoms with Crippen LogP contribution in [0.4, 0.5) is 0 Å². The normalized spacial score (nSPS) is 46.2. The fraction of sp³-hybridized carbons (Fsp3) is 0.875. The predicted octanol–water partition coefficient (Wildman–Crippen LogP) is 4.33. The van der Waals surface area contributed by atoms with Gasteiger partial charge in [0.25, 0.3) is 0 Å². The highest BCUT2D eigenvalue weighted by molar-refractivity contribution is 5.38. The summed E-state index contributed by atoms with van der Waals surface area (Å²) in [4.78, 5) is 0. The molecule has 3 aliphatic rings. The zero-order valence-electron chi connectivity index (χ0n) is 12.2. The van der Waals surface area contributed by atoms with E-state index in [0.717, 1.165) is 5.92 Å². The molecule has 0 spiro atoms. The maximum absolute atomic E-state index is 5.94. The lowest BCUT2D eigenvalue weighted by Crippen LogP contribution is -2.41. The zero-order valence-corrected chi connectivity index (χ0v) is 12.2. The summed E-state index contributed by atoms with van der Waals surface area (Å²) >= 11 is 0. The third-order valence-electron chi connectivity index (χ3n) is 5.96. The first-order valence-corrected chi connectivity index (χ1v) is 7.08. The van der Waals surface area contributed by atoms with Crippen LogP contribution in [-0.4, -0.2) is 11.7 Å². The van der Waals surface area contributed by atoms with Gasteiger partial charge in [0.05, 0.1) is 11.7 Å². The van der Waals surface area contributed by atoms with Crippen molar-refractivity contribution in [3.63, 3.8) is 0 Å². The fourth-order valence-corrected chi connectivity index (χ4v) is 4.21. The van der Waals surface area contributed by atoms with Crippen molar-refractivity contribution in [1.82, 2.24) is 0 Å². The van der Waals surface area contributed by atoms with Gasteiger partial charge in [0.15, 0.2) is 0 Å². The summed E-state index contributed by atoms with van der Waals surface area (Å²) < 4.78 is 5.94. The van der Waals surface area contributed by atoms with E-state index in [9.17, 15) is 0 Å². The predicted molar refractivity (Wildman–Crippen MR) is 70.9 cm³/mol. The Balaban J connectivity index is 2.09. The van der Waals surface area contributed by atoms with Crippen molar-refractivity contribution in [3.05, 3.63) is 11.1 Å². The molecule has 1 heteroatoms. The van der Waals surface area contributed by atoms with E-state index in [1.54, 1.807) is 11.1 Å². The molecule has 1 unspecified atom stereocenters. The van der Waals surface area contributed by atoms with Gasteiger partial charge in [-0.2, -0.15) is 0 Å². The molecule has 0 bridgehead atoms. The fourth-order valence-electron chi connectivity index (χ4n) is 4.21. The number of epoxide rings is 1. The van der Waals surface area contributed by atoms with E-state index in [2.05, 4.69) is 41.5 Å². The molecule has 1 fully saturated rings. The number of ether oxygens (including phenoxy) is 1. The first kappa shape index (κ1) is 11.8. The third kappa shape index (κ3) is 1.47. The van der Waals surface area contributed by atoms with Crippen LogP contribution < -0.4 is 0 Å². The van der Waals surface area contributed by atoms with E-state index >= 15 is 0 Å². The first-order chi connectivity index (χ1) is 7.67. The minimum atomic E-state index is 0.184. The van der Waals surface area contributed by atoms with Crippen molar-refractivity contribution < 1.29 is 4.74 Å². The second-order valence-corrected chi connectivity index (χ2v) is 7.97. The van der Waals surface area contributed by atoms with Gasteiger partial charge in [-0.05, 0) is 36.5 Å². The molecule has 2 aliphatic carbocycles. The van der Waals surface area contributed by atoms with Crippen LogP contribution in [0.3, 0.4) is 0 Å². The molecule has 0 aromatic rings. The smallest absolute Gasteiger partial charge is 0.0960 e. The molecule has 1 nitrogen and oxygen atoms in total. The Bertz CT molecular complexity index is 402. The number of hydrogen-bond acceptors (Lipinski definition) is 1. The van der Waals surface area contributed by atoms with Crippen LogP contribution in [0.15, 0.2) is 11.1 Å². The quantitative estimate of drug-likeness (QED) is 0.449. The highest BCUT2D eigenvalue weighted by Crippen LogP contribution is 2.62. The minimum Gasteiger partial charge on any atom is -0.366 e. The van der Waals surface area contributed by atoms with Crippen LogP contribution in [-0.2, 0) is 4.74 Å². The molecule has 17 heavy (non-hydrogen) atoms. The summed E-state index contributed by atoms with van der Waals surface area (Å²) in [6.45, 7) is 14.5. The minimum absolute atomic E-state index is 0.184. The van der Waals surface area contributed by atoms with Gasteiger partial charge in [0.1, 0.15) is 0 Å². The molecule has 96 valence electrons. The first-order valence-electron chi connectivity index (χ1n) is 7.08. The Kier molecular flexibility index (Phi) is 2.07. The molecule has 0 aromatic carbocycles. The molecule has 3 rings (SSSR count). The average Bonchev–Trinajstić information content (AvgIpc) is 2.84. The Labute approximate surface area is 106 Å². The van der Waals surface area contributed by atoms with Crippen molar-refractivity contribution >= 4 is 0 Å². The molecule has 1 heterocycles. The Morgan fingerprint density at radius 1 is 1.06 bits per heavy atom. The van der Waals surface area contributed by atoms with E-state index in [-0.39, 0.29) is 5.60 Å². The lowest BCUT2D eigenvalue weighted by molar-refractivity contribution is 0.155. The lowest BCUT2D eigenvalue weighted by Gasteiger charge is -2.50. The molecule has 0 radical (unpaired) electrons. The Morgan fingerprint density at radius 3 is 2.35 bits per heavy atom. The van der Waals surface area contributed by atoms with Gasteiger partial charge in [0, 0.05) is 6.42 Å².